The lowest BCUT2D eigenvalue weighted by atomic mass is 10.1. The van der Waals surface area contributed by atoms with Gasteiger partial charge in [-0.3, -0.25) is 4.90 Å². The summed E-state index contributed by atoms with van der Waals surface area (Å²) in [6.45, 7) is 14.1. The van der Waals surface area contributed by atoms with Crippen LogP contribution in [0.1, 0.15) is 33.6 Å². The quantitative estimate of drug-likeness (QED) is 0.763. The fourth-order valence-corrected chi connectivity index (χ4v) is 2.78. The molecule has 0 bridgehead atoms. The monoisotopic (exact) mass is 241 g/mol. The Hall–Kier alpha value is -0.120. The van der Waals surface area contributed by atoms with Crippen LogP contribution in [0.2, 0.25) is 0 Å². The first-order valence-corrected chi connectivity index (χ1v) is 7.30. The van der Waals surface area contributed by atoms with E-state index in [1.807, 2.05) is 0 Å². The van der Waals surface area contributed by atoms with E-state index in [0.717, 1.165) is 25.0 Å². The highest BCUT2D eigenvalue weighted by Gasteiger charge is 2.22. The fourth-order valence-electron chi connectivity index (χ4n) is 2.78. The molecule has 17 heavy (non-hydrogen) atoms. The summed E-state index contributed by atoms with van der Waals surface area (Å²) in [4.78, 5) is 5.20. The number of nitrogens with zero attached hydrogens (tertiary/aromatic N) is 2. The Morgan fingerprint density at radius 1 is 1.29 bits per heavy atom. The van der Waals surface area contributed by atoms with Crippen molar-refractivity contribution in [3.63, 3.8) is 0 Å². The van der Waals surface area contributed by atoms with Crippen molar-refractivity contribution in [1.29, 1.82) is 0 Å². The molecule has 1 rings (SSSR count). The van der Waals surface area contributed by atoms with Crippen LogP contribution in [0.15, 0.2) is 0 Å². The molecule has 1 fully saturated rings. The van der Waals surface area contributed by atoms with E-state index >= 15 is 0 Å². The minimum atomic E-state index is 0.756. The normalized spacial score (nSPS) is 25.8. The second-order valence-corrected chi connectivity index (χ2v) is 5.59. The van der Waals surface area contributed by atoms with Gasteiger partial charge < -0.3 is 10.2 Å². The number of likely N-dealkylation sites (N-methyl/N-ethyl adjacent to an activating group) is 1. The first kappa shape index (κ1) is 14.9. The van der Waals surface area contributed by atoms with Crippen molar-refractivity contribution in [2.75, 3.05) is 46.3 Å². The van der Waals surface area contributed by atoms with Crippen LogP contribution in [0.5, 0.6) is 0 Å². The number of hydrogen-bond donors (Lipinski definition) is 1. The van der Waals surface area contributed by atoms with Gasteiger partial charge in [-0.05, 0) is 52.0 Å². The molecule has 3 nitrogen and oxygen atoms in total. The van der Waals surface area contributed by atoms with E-state index in [1.165, 1.54) is 39.0 Å². The van der Waals surface area contributed by atoms with Gasteiger partial charge in [0.05, 0.1) is 0 Å². The first-order chi connectivity index (χ1) is 8.17. The Morgan fingerprint density at radius 2 is 2.06 bits per heavy atom. The summed E-state index contributed by atoms with van der Waals surface area (Å²) in [6, 6.07) is 0.756. The third-order valence-electron chi connectivity index (χ3n) is 3.78. The minimum Gasteiger partial charge on any atom is -0.317 e. The average Bonchev–Trinajstić information content (AvgIpc) is 2.48. The Bertz CT molecular complexity index is 196. The van der Waals surface area contributed by atoms with E-state index in [2.05, 4.69) is 42.9 Å². The minimum absolute atomic E-state index is 0.756. The van der Waals surface area contributed by atoms with Gasteiger partial charge >= 0.3 is 0 Å². The highest BCUT2D eigenvalue weighted by Crippen LogP contribution is 2.13. The molecule has 1 aliphatic heterocycles. The van der Waals surface area contributed by atoms with E-state index in [9.17, 15) is 0 Å². The van der Waals surface area contributed by atoms with E-state index in [1.54, 1.807) is 0 Å². The van der Waals surface area contributed by atoms with Crippen molar-refractivity contribution in [2.24, 2.45) is 5.92 Å². The van der Waals surface area contributed by atoms with E-state index < -0.39 is 0 Å². The molecule has 0 aromatic heterocycles. The molecular weight excluding hydrogens is 210 g/mol. The molecule has 0 aromatic carbocycles. The SMILES string of the molecule is CCNCC(C)CN1CCCN(C)CC1CC. The van der Waals surface area contributed by atoms with Crippen LogP contribution in [-0.2, 0) is 0 Å². The molecule has 3 heteroatoms. The van der Waals surface area contributed by atoms with Crippen LogP contribution in [0.4, 0.5) is 0 Å². The molecule has 2 atom stereocenters. The van der Waals surface area contributed by atoms with E-state index in [-0.39, 0.29) is 0 Å². The Balaban J connectivity index is 2.42. The maximum absolute atomic E-state index is 3.46. The summed E-state index contributed by atoms with van der Waals surface area (Å²) in [5.74, 6) is 0.757. The Morgan fingerprint density at radius 3 is 2.71 bits per heavy atom. The molecule has 1 N–H and O–H groups in total. The van der Waals surface area contributed by atoms with Gasteiger partial charge in [0.2, 0.25) is 0 Å². The van der Waals surface area contributed by atoms with Crippen molar-refractivity contribution in [3.8, 4) is 0 Å². The molecule has 0 aliphatic carbocycles. The second-order valence-electron chi connectivity index (χ2n) is 5.59. The van der Waals surface area contributed by atoms with Crippen molar-refractivity contribution < 1.29 is 0 Å². The van der Waals surface area contributed by atoms with Crippen LogP contribution < -0.4 is 5.32 Å². The third-order valence-corrected chi connectivity index (χ3v) is 3.78. The topological polar surface area (TPSA) is 18.5 Å². The molecule has 1 aliphatic rings. The predicted octanol–water partition coefficient (Wildman–Crippen LogP) is 1.65. The zero-order valence-electron chi connectivity index (χ0n) is 12.2. The second kappa shape index (κ2) is 8.06. The van der Waals surface area contributed by atoms with Crippen LogP contribution in [0.3, 0.4) is 0 Å². The number of hydrogen-bond acceptors (Lipinski definition) is 3. The zero-order valence-corrected chi connectivity index (χ0v) is 12.2. The van der Waals surface area contributed by atoms with Crippen LogP contribution in [-0.4, -0.2) is 62.2 Å². The molecule has 1 saturated heterocycles. The molecule has 0 radical (unpaired) electrons. The smallest absolute Gasteiger partial charge is 0.0220 e. The van der Waals surface area contributed by atoms with Crippen LogP contribution >= 0.6 is 0 Å². The van der Waals surface area contributed by atoms with Gasteiger partial charge in [-0.15, -0.1) is 0 Å². The molecule has 0 aromatic rings. The maximum Gasteiger partial charge on any atom is 0.0220 e. The average molecular weight is 241 g/mol. The highest BCUT2D eigenvalue weighted by molar-refractivity contribution is 4.79. The highest BCUT2D eigenvalue weighted by atomic mass is 15.2. The van der Waals surface area contributed by atoms with Crippen LogP contribution in [0.25, 0.3) is 0 Å². The zero-order chi connectivity index (χ0) is 12.7. The van der Waals surface area contributed by atoms with E-state index in [0.29, 0.717) is 0 Å². The van der Waals surface area contributed by atoms with Gasteiger partial charge in [0.25, 0.3) is 0 Å². The molecule has 0 spiro atoms. The molecule has 102 valence electrons. The summed E-state index contributed by atoms with van der Waals surface area (Å²) in [5.41, 5.74) is 0. The summed E-state index contributed by atoms with van der Waals surface area (Å²) < 4.78 is 0. The van der Waals surface area contributed by atoms with Crippen molar-refractivity contribution in [2.45, 2.75) is 39.7 Å². The van der Waals surface area contributed by atoms with Crippen molar-refractivity contribution in [1.82, 2.24) is 15.1 Å². The summed E-state index contributed by atoms with van der Waals surface area (Å²) in [6.07, 6.45) is 2.60. The first-order valence-electron chi connectivity index (χ1n) is 7.30. The standard InChI is InChI=1S/C14H31N3/c1-5-14-12-16(4)8-7-9-17(14)11-13(3)10-15-6-2/h13-15H,5-12H2,1-4H3. The van der Waals surface area contributed by atoms with Gasteiger partial charge in [0.15, 0.2) is 0 Å². The molecule has 2 unspecified atom stereocenters. The molecule has 0 amide bonds. The van der Waals surface area contributed by atoms with Gasteiger partial charge in [0, 0.05) is 19.1 Å². The van der Waals surface area contributed by atoms with Crippen molar-refractivity contribution in [3.05, 3.63) is 0 Å². The lowest BCUT2D eigenvalue weighted by Crippen LogP contribution is -2.43. The fraction of sp³-hybridized carbons (Fsp3) is 1.00. The van der Waals surface area contributed by atoms with Gasteiger partial charge in [-0.25, -0.2) is 0 Å². The molecule has 1 heterocycles. The Labute approximate surface area is 108 Å². The number of rotatable bonds is 6. The van der Waals surface area contributed by atoms with Gasteiger partial charge in [0.1, 0.15) is 0 Å². The van der Waals surface area contributed by atoms with E-state index in [4.69, 9.17) is 0 Å². The summed E-state index contributed by atoms with van der Waals surface area (Å²) in [5, 5.41) is 3.46. The van der Waals surface area contributed by atoms with Crippen molar-refractivity contribution >= 4 is 0 Å². The summed E-state index contributed by atoms with van der Waals surface area (Å²) >= 11 is 0. The van der Waals surface area contributed by atoms with Gasteiger partial charge in [-0.1, -0.05) is 20.8 Å². The Kier molecular flexibility index (Phi) is 7.09. The predicted molar refractivity (Wildman–Crippen MR) is 75.5 cm³/mol. The summed E-state index contributed by atoms with van der Waals surface area (Å²) in [7, 11) is 2.26. The lowest BCUT2D eigenvalue weighted by molar-refractivity contribution is 0.161. The number of nitrogens with one attached hydrogen (secondary N) is 1. The lowest BCUT2D eigenvalue weighted by Gasteiger charge is -2.32. The maximum atomic E-state index is 3.46. The third kappa shape index (κ3) is 5.36. The van der Waals surface area contributed by atoms with Crippen LogP contribution in [0, 0.1) is 5.92 Å². The molecule has 0 saturated carbocycles. The molecular formula is C14H31N3. The largest absolute Gasteiger partial charge is 0.317 e. The van der Waals surface area contributed by atoms with Gasteiger partial charge in [-0.2, -0.15) is 0 Å².